The number of nitrogens with one attached hydrogen (secondary N) is 2. The fraction of sp³-hybridized carbons (Fsp3) is 0.0500. The van der Waals surface area contributed by atoms with Crippen molar-refractivity contribution in [1.82, 2.24) is 10.3 Å². The van der Waals surface area contributed by atoms with Crippen molar-refractivity contribution in [3.63, 3.8) is 0 Å². The monoisotopic (exact) mass is 408 g/mol. The molecule has 2 aromatic heterocycles. The lowest BCUT2D eigenvalue weighted by molar-refractivity contribution is -0.402. The van der Waals surface area contributed by atoms with E-state index in [4.69, 9.17) is 9.15 Å². The van der Waals surface area contributed by atoms with Gasteiger partial charge in [0.15, 0.2) is 0 Å². The maximum Gasteiger partial charge on any atom is 0.433 e. The van der Waals surface area contributed by atoms with Crippen LogP contribution in [-0.4, -0.2) is 28.8 Å². The first-order valence-electron chi connectivity index (χ1n) is 8.64. The maximum atomic E-state index is 12.0. The zero-order valence-corrected chi connectivity index (χ0v) is 15.7. The Hall–Kier alpha value is -4.47. The van der Waals surface area contributed by atoms with Crippen LogP contribution >= 0.6 is 0 Å². The van der Waals surface area contributed by atoms with Gasteiger partial charge in [-0.1, -0.05) is 0 Å². The number of carbonyl (C=O) groups is 2. The lowest BCUT2D eigenvalue weighted by atomic mass is 10.3. The molecule has 152 valence electrons. The summed E-state index contributed by atoms with van der Waals surface area (Å²) in [4.78, 5) is 37.5. The quantitative estimate of drug-likeness (QED) is 0.347. The molecule has 3 rings (SSSR count). The van der Waals surface area contributed by atoms with Gasteiger partial charge in [-0.3, -0.25) is 24.7 Å². The number of hydrogen-bond donors (Lipinski definition) is 2. The molecule has 3 aromatic rings. The Morgan fingerprint density at radius 1 is 1.13 bits per heavy atom. The highest BCUT2D eigenvalue weighted by Gasteiger charge is 2.10. The van der Waals surface area contributed by atoms with Crippen LogP contribution in [0.1, 0.15) is 16.2 Å². The summed E-state index contributed by atoms with van der Waals surface area (Å²) in [5.74, 6) is -0.0319. The summed E-state index contributed by atoms with van der Waals surface area (Å²) < 4.78 is 10.6. The van der Waals surface area contributed by atoms with E-state index in [0.29, 0.717) is 17.2 Å². The van der Waals surface area contributed by atoms with Gasteiger partial charge in [0.25, 0.3) is 5.91 Å². The Morgan fingerprint density at radius 3 is 2.57 bits per heavy atom. The molecule has 0 saturated carbocycles. The second-order valence-electron chi connectivity index (χ2n) is 5.84. The van der Waals surface area contributed by atoms with Crippen molar-refractivity contribution >= 4 is 29.5 Å². The Balaban J connectivity index is 1.58. The SMILES string of the molecule is CNC(=O)c1cc(Oc2ccc(NC(=O)C=Cc3ccc([N+](=O)[O-])o3)cc2)ccn1. The molecule has 0 aliphatic carbocycles. The third-order valence-corrected chi connectivity index (χ3v) is 3.74. The highest BCUT2D eigenvalue weighted by atomic mass is 16.6. The van der Waals surface area contributed by atoms with Gasteiger partial charge >= 0.3 is 5.88 Å². The van der Waals surface area contributed by atoms with Crippen molar-refractivity contribution < 1.29 is 23.7 Å². The van der Waals surface area contributed by atoms with E-state index < -0.39 is 16.7 Å². The van der Waals surface area contributed by atoms with Crippen molar-refractivity contribution in [3.8, 4) is 11.5 Å². The van der Waals surface area contributed by atoms with Crippen molar-refractivity contribution in [3.05, 3.63) is 82.4 Å². The van der Waals surface area contributed by atoms with E-state index in [1.54, 1.807) is 30.3 Å². The number of anilines is 1. The number of nitrogens with zero attached hydrogens (tertiary/aromatic N) is 2. The van der Waals surface area contributed by atoms with Crippen LogP contribution in [0.5, 0.6) is 11.5 Å². The molecule has 0 radical (unpaired) electrons. The molecule has 0 bridgehead atoms. The van der Waals surface area contributed by atoms with Gasteiger partial charge in [0.05, 0.1) is 6.07 Å². The topological polar surface area (TPSA) is 137 Å². The number of ether oxygens (including phenoxy) is 1. The van der Waals surface area contributed by atoms with Crippen LogP contribution in [0.3, 0.4) is 0 Å². The summed E-state index contributed by atoms with van der Waals surface area (Å²) in [5, 5.41) is 15.7. The van der Waals surface area contributed by atoms with Crippen LogP contribution in [0.15, 0.2) is 65.2 Å². The summed E-state index contributed by atoms with van der Waals surface area (Å²) >= 11 is 0. The molecule has 0 atom stereocenters. The summed E-state index contributed by atoms with van der Waals surface area (Å²) in [6.45, 7) is 0. The van der Waals surface area contributed by atoms with Crippen molar-refractivity contribution in [2.45, 2.75) is 0 Å². The Morgan fingerprint density at radius 2 is 1.90 bits per heavy atom. The van der Waals surface area contributed by atoms with Crippen molar-refractivity contribution in [2.75, 3.05) is 12.4 Å². The Labute approximate surface area is 170 Å². The average Bonchev–Trinajstić information content (AvgIpc) is 3.23. The molecule has 0 aliphatic heterocycles. The maximum absolute atomic E-state index is 12.0. The minimum absolute atomic E-state index is 0.189. The highest BCUT2D eigenvalue weighted by molar-refractivity contribution is 6.01. The zero-order chi connectivity index (χ0) is 21.5. The normalized spacial score (nSPS) is 10.6. The highest BCUT2D eigenvalue weighted by Crippen LogP contribution is 2.23. The smallest absolute Gasteiger partial charge is 0.433 e. The van der Waals surface area contributed by atoms with E-state index in [1.165, 1.54) is 43.6 Å². The molecule has 0 spiro atoms. The molecule has 0 aliphatic rings. The first-order valence-corrected chi connectivity index (χ1v) is 8.64. The predicted molar refractivity (Wildman–Crippen MR) is 107 cm³/mol. The van der Waals surface area contributed by atoms with Crippen LogP contribution < -0.4 is 15.4 Å². The second kappa shape index (κ2) is 9.15. The number of aromatic nitrogens is 1. The third-order valence-electron chi connectivity index (χ3n) is 3.74. The molecule has 0 saturated heterocycles. The predicted octanol–water partition coefficient (Wildman–Crippen LogP) is 3.39. The Kier molecular flexibility index (Phi) is 6.18. The van der Waals surface area contributed by atoms with E-state index in [0.717, 1.165) is 0 Å². The van der Waals surface area contributed by atoms with Crippen molar-refractivity contribution in [2.24, 2.45) is 0 Å². The number of pyridine rings is 1. The van der Waals surface area contributed by atoms with Crippen LogP contribution in [0, 0.1) is 10.1 Å². The minimum Gasteiger partial charge on any atom is -0.457 e. The standard InChI is InChI=1S/C20H16N4O6/c1-21-20(26)17-12-16(10-11-22-17)29-14-4-2-13(3-5-14)23-18(25)8-6-15-7-9-19(30-15)24(27)28/h2-12H,1H3,(H,21,26)(H,23,25). The zero-order valence-electron chi connectivity index (χ0n) is 15.7. The van der Waals surface area contributed by atoms with Gasteiger partial charge in [-0.05, 0) is 42.5 Å². The molecule has 30 heavy (non-hydrogen) atoms. The van der Waals surface area contributed by atoms with Crippen LogP contribution in [0.4, 0.5) is 11.6 Å². The van der Waals surface area contributed by atoms with Gasteiger partial charge in [0, 0.05) is 31.1 Å². The first kappa shape index (κ1) is 20.3. The number of amides is 2. The van der Waals surface area contributed by atoms with Crippen molar-refractivity contribution in [1.29, 1.82) is 0 Å². The first-order chi connectivity index (χ1) is 14.4. The molecule has 1 aromatic carbocycles. The van der Waals surface area contributed by atoms with Gasteiger partial charge < -0.3 is 19.8 Å². The van der Waals surface area contributed by atoms with E-state index in [9.17, 15) is 19.7 Å². The summed E-state index contributed by atoms with van der Waals surface area (Å²) in [7, 11) is 1.51. The number of furan rings is 1. The lowest BCUT2D eigenvalue weighted by Crippen LogP contribution is -2.18. The van der Waals surface area contributed by atoms with Gasteiger partial charge in [-0.2, -0.15) is 0 Å². The van der Waals surface area contributed by atoms with Gasteiger partial charge in [-0.25, -0.2) is 0 Å². The number of nitro groups is 1. The average molecular weight is 408 g/mol. The largest absolute Gasteiger partial charge is 0.457 e. The summed E-state index contributed by atoms with van der Waals surface area (Å²) in [6.07, 6.45) is 3.99. The fourth-order valence-corrected chi connectivity index (χ4v) is 2.34. The van der Waals surface area contributed by atoms with Crippen LogP contribution in [-0.2, 0) is 4.79 Å². The van der Waals surface area contributed by atoms with Crippen LogP contribution in [0.2, 0.25) is 0 Å². The number of carbonyl (C=O) groups excluding carboxylic acids is 2. The molecular formula is C20H16N4O6. The van der Waals surface area contributed by atoms with E-state index in [2.05, 4.69) is 15.6 Å². The molecule has 0 fully saturated rings. The van der Waals surface area contributed by atoms with Gasteiger partial charge in [0.2, 0.25) is 5.91 Å². The van der Waals surface area contributed by atoms with E-state index in [1.807, 2.05) is 0 Å². The second-order valence-corrected chi connectivity index (χ2v) is 5.84. The molecule has 0 unspecified atom stereocenters. The van der Waals surface area contributed by atoms with E-state index in [-0.39, 0.29) is 17.4 Å². The number of rotatable bonds is 7. The number of hydrogen-bond acceptors (Lipinski definition) is 7. The molecule has 2 heterocycles. The summed E-state index contributed by atoms with van der Waals surface area (Å²) in [5.41, 5.74) is 0.746. The molecular weight excluding hydrogens is 392 g/mol. The Bertz CT molecular complexity index is 1100. The molecule has 2 N–H and O–H groups in total. The van der Waals surface area contributed by atoms with Gasteiger partial charge in [-0.15, -0.1) is 0 Å². The minimum atomic E-state index is -0.660. The number of benzene rings is 1. The van der Waals surface area contributed by atoms with Gasteiger partial charge in [0.1, 0.15) is 27.9 Å². The summed E-state index contributed by atoms with van der Waals surface area (Å²) in [6, 6.07) is 12.3. The molecule has 10 nitrogen and oxygen atoms in total. The molecule has 10 heteroatoms. The van der Waals surface area contributed by atoms with Crippen LogP contribution in [0.25, 0.3) is 6.08 Å². The van der Waals surface area contributed by atoms with E-state index >= 15 is 0 Å². The molecule has 2 amide bonds. The third kappa shape index (κ3) is 5.29. The lowest BCUT2D eigenvalue weighted by Gasteiger charge is -2.08. The fourth-order valence-electron chi connectivity index (χ4n) is 2.34.